The maximum absolute atomic E-state index is 13.9. The Balaban J connectivity index is 2.38. The fourth-order valence-electron chi connectivity index (χ4n) is 1.96. The largest absolute Gasteiger partial charge is 0.491 e. The molecule has 2 aromatic rings. The molecule has 0 fully saturated rings. The number of carbonyl (C=O) groups is 1. The van der Waals surface area contributed by atoms with Crippen LogP contribution in [0.5, 0.6) is 5.75 Å². The topological polar surface area (TPSA) is 26.3 Å². The van der Waals surface area contributed by atoms with E-state index in [2.05, 4.69) is 0 Å². The van der Waals surface area contributed by atoms with Gasteiger partial charge in [-0.05, 0) is 50.6 Å². The lowest BCUT2D eigenvalue weighted by atomic mass is 10.0. The van der Waals surface area contributed by atoms with Gasteiger partial charge in [0.25, 0.3) is 0 Å². The van der Waals surface area contributed by atoms with Crippen molar-refractivity contribution in [2.45, 2.75) is 26.9 Å². The third kappa shape index (κ3) is 3.45. The van der Waals surface area contributed by atoms with Gasteiger partial charge in [-0.25, -0.2) is 8.78 Å². The molecule has 0 radical (unpaired) electrons. The number of carbonyl (C=O) groups excluding carboxylic acids is 1. The molecule has 0 atom stereocenters. The molecule has 0 saturated carbocycles. The van der Waals surface area contributed by atoms with Crippen LogP contribution in [0.4, 0.5) is 8.78 Å². The van der Waals surface area contributed by atoms with Crippen molar-refractivity contribution < 1.29 is 18.3 Å². The Morgan fingerprint density at radius 3 is 2.48 bits per heavy atom. The summed E-state index contributed by atoms with van der Waals surface area (Å²) in [6.45, 7) is 5.18. The Kier molecular flexibility index (Phi) is 4.36. The molecular weight excluding hydrogens is 274 g/mol. The van der Waals surface area contributed by atoms with Gasteiger partial charge in [0.05, 0.1) is 11.7 Å². The summed E-state index contributed by atoms with van der Waals surface area (Å²) in [7, 11) is 0. The predicted molar refractivity (Wildman–Crippen MR) is 76.7 cm³/mol. The molecule has 0 N–H and O–H groups in total. The zero-order valence-electron chi connectivity index (χ0n) is 12.1. The van der Waals surface area contributed by atoms with E-state index < -0.39 is 17.4 Å². The highest BCUT2D eigenvalue weighted by Crippen LogP contribution is 2.21. The van der Waals surface area contributed by atoms with Gasteiger partial charge < -0.3 is 4.74 Å². The van der Waals surface area contributed by atoms with Gasteiger partial charge in [-0.3, -0.25) is 4.79 Å². The molecule has 0 aliphatic heterocycles. The predicted octanol–water partition coefficient (Wildman–Crippen LogP) is 4.29. The lowest BCUT2D eigenvalue weighted by Gasteiger charge is -2.11. The van der Waals surface area contributed by atoms with E-state index in [1.54, 1.807) is 18.2 Å². The minimum absolute atomic E-state index is 0.0380. The first kappa shape index (κ1) is 15.2. The molecule has 0 aliphatic carbocycles. The minimum Gasteiger partial charge on any atom is -0.491 e. The second-order valence-corrected chi connectivity index (χ2v) is 5.10. The molecule has 0 spiro atoms. The molecule has 0 aliphatic rings. The normalized spacial score (nSPS) is 10.8. The van der Waals surface area contributed by atoms with Crippen molar-refractivity contribution in [2.75, 3.05) is 0 Å². The van der Waals surface area contributed by atoms with Gasteiger partial charge in [0.2, 0.25) is 0 Å². The van der Waals surface area contributed by atoms with Gasteiger partial charge in [0.1, 0.15) is 17.4 Å². The maximum atomic E-state index is 13.9. The smallest absolute Gasteiger partial charge is 0.196 e. The molecule has 2 rings (SSSR count). The average Bonchev–Trinajstić information content (AvgIpc) is 2.41. The summed E-state index contributed by atoms with van der Waals surface area (Å²) >= 11 is 0. The first-order valence-corrected chi connectivity index (χ1v) is 6.65. The second kappa shape index (κ2) is 6.04. The van der Waals surface area contributed by atoms with E-state index in [0.29, 0.717) is 5.75 Å². The van der Waals surface area contributed by atoms with Crippen LogP contribution in [0.1, 0.15) is 35.3 Å². The van der Waals surface area contributed by atoms with Crippen molar-refractivity contribution in [3.05, 3.63) is 64.7 Å². The van der Waals surface area contributed by atoms with Crippen molar-refractivity contribution in [3.8, 4) is 5.75 Å². The number of ether oxygens (including phenoxy) is 1. The average molecular weight is 290 g/mol. The van der Waals surface area contributed by atoms with Crippen LogP contribution < -0.4 is 4.74 Å². The fraction of sp³-hybridized carbons (Fsp3) is 0.235. The number of rotatable bonds is 4. The van der Waals surface area contributed by atoms with Gasteiger partial charge in [-0.1, -0.05) is 12.1 Å². The van der Waals surface area contributed by atoms with E-state index >= 15 is 0 Å². The van der Waals surface area contributed by atoms with Gasteiger partial charge in [0.15, 0.2) is 5.78 Å². The van der Waals surface area contributed by atoms with E-state index in [0.717, 1.165) is 12.1 Å². The van der Waals surface area contributed by atoms with Crippen LogP contribution in [-0.2, 0) is 0 Å². The number of aryl methyl sites for hydroxylation is 1. The summed E-state index contributed by atoms with van der Waals surface area (Å²) in [6, 6.07) is 8.39. The SMILES string of the molecule is Cc1cc(F)c(C(=O)c2cccc(OC(C)C)c2)cc1F. The highest BCUT2D eigenvalue weighted by Gasteiger charge is 2.17. The number of hydrogen-bond donors (Lipinski definition) is 0. The van der Waals surface area contributed by atoms with Crippen LogP contribution in [0.3, 0.4) is 0 Å². The van der Waals surface area contributed by atoms with Crippen molar-refractivity contribution in [1.82, 2.24) is 0 Å². The Bertz CT molecular complexity index is 678. The van der Waals surface area contributed by atoms with Gasteiger partial charge in [0, 0.05) is 5.56 Å². The second-order valence-electron chi connectivity index (χ2n) is 5.10. The van der Waals surface area contributed by atoms with E-state index in [1.165, 1.54) is 13.0 Å². The first-order chi connectivity index (χ1) is 9.88. The molecule has 0 unspecified atom stereocenters. The molecule has 0 saturated heterocycles. The number of hydrogen-bond acceptors (Lipinski definition) is 2. The van der Waals surface area contributed by atoms with Crippen molar-refractivity contribution in [1.29, 1.82) is 0 Å². The fourth-order valence-corrected chi connectivity index (χ4v) is 1.96. The molecule has 0 heterocycles. The van der Waals surface area contributed by atoms with Crippen LogP contribution in [-0.4, -0.2) is 11.9 Å². The Morgan fingerprint density at radius 1 is 1.10 bits per heavy atom. The third-order valence-electron chi connectivity index (χ3n) is 2.96. The van der Waals surface area contributed by atoms with Crippen molar-refractivity contribution >= 4 is 5.78 Å². The summed E-state index contributed by atoms with van der Waals surface area (Å²) in [5.74, 6) is -1.38. The molecule has 2 nitrogen and oxygen atoms in total. The molecule has 0 bridgehead atoms. The summed E-state index contributed by atoms with van der Waals surface area (Å²) < 4.78 is 32.9. The lowest BCUT2D eigenvalue weighted by molar-refractivity contribution is 0.103. The van der Waals surface area contributed by atoms with E-state index in [4.69, 9.17) is 4.74 Å². The van der Waals surface area contributed by atoms with E-state index in [-0.39, 0.29) is 22.8 Å². The summed E-state index contributed by atoms with van der Waals surface area (Å²) in [6.07, 6.45) is -0.0380. The Morgan fingerprint density at radius 2 is 1.81 bits per heavy atom. The molecule has 0 aromatic heterocycles. The Labute approximate surface area is 122 Å². The van der Waals surface area contributed by atoms with Crippen LogP contribution >= 0.6 is 0 Å². The molecule has 0 amide bonds. The van der Waals surface area contributed by atoms with Gasteiger partial charge >= 0.3 is 0 Å². The Hall–Kier alpha value is -2.23. The van der Waals surface area contributed by atoms with Crippen molar-refractivity contribution in [2.24, 2.45) is 0 Å². The number of ketones is 1. The minimum atomic E-state index is -0.728. The zero-order valence-corrected chi connectivity index (χ0v) is 12.1. The maximum Gasteiger partial charge on any atom is 0.196 e. The third-order valence-corrected chi connectivity index (χ3v) is 2.96. The lowest BCUT2D eigenvalue weighted by Crippen LogP contribution is -2.08. The van der Waals surface area contributed by atoms with Crippen LogP contribution in [0, 0.1) is 18.6 Å². The van der Waals surface area contributed by atoms with E-state index in [1.807, 2.05) is 13.8 Å². The van der Waals surface area contributed by atoms with Gasteiger partial charge in [-0.2, -0.15) is 0 Å². The highest BCUT2D eigenvalue weighted by molar-refractivity contribution is 6.09. The number of halogens is 2. The molecule has 2 aromatic carbocycles. The molecule has 4 heteroatoms. The summed E-state index contributed by atoms with van der Waals surface area (Å²) in [4.78, 5) is 12.3. The monoisotopic (exact) mass is 290 g/mol. The first-order valence-electron chi connectivity index (χ1n) is 6.65. The highest BCUT2D eigenvalue weighted by atomic mass is 19.1. The standard InChI is InChI=1S/C17H16F2O2/c1-10(2)21-13-6-4-5-12(8-13)17(20)14-9-15(18)11(3)7-16(14)19/h4-10H,1-3H3. The van der Waals surface area contributed by atoms with E-state index in [9.17, 15) is 13.6 Å². The zero-order chi connectivity index (χ0) is 15.6. The molecular formula is C17H16F2O2. The van der Waals surface area contributed by atoms with Crippen molar-refractivity contribution in [3.63, 3.8) is 0 Å². The number of benzene rings is 2. The van der Waals surface area contributed by atoms with Crippen LogP contribution in [0.15, 0.2) is 36.4 Å². The quantitative estimate of drug-likeness (QED) is 0.785. The van der Waals surface area contributed by atoms with Crippen LogP contribution in [0.25, 0.3) is 0 Å². The van der Waals surface area contributed by atoms with Gasteiger partial charge in [-0.15, -0.1) is 0 Å². The molecule has 21 heavy (non-hydrogen) atoms. The molecule has 110 valence electrons. The summed E-state index contributed by atoms with van der Waals surface area (Å²) in [5, 5.41) is 0. The van der Waals surface area contributed by atoms with Crippen LogP contribution in [0.2, 0.25) is 0 Å². The summed E-state index contributed by atoms with van der Waals surface area (Å²) in [5.41, 5.74) is 0.149.